The summed E-state index contributed by atoms with van der Waals surface area (Å²) >= 11 is 6.30. The van der Waals surface area contributed by atoms with E-state index in [1.54, 1.807) is 26.0 Å². The van der Waals surface area contributed by atoms with E-state index in [2.05, 4.69) is 5.16 Å². The number of rotatable bonds is 5. The second kappa shape index (κ2) is 9.29. The van der Waals surface area contributed by atoms with Gasteiger partial charge in [-0.05, 0) is 44.4 Å². The Labute approximate surface area is 191 Å². The molecule has 11 heteroatoms. The molecule has 4 rings (SSSR count). The Morgan fingerprint density at radius 2 is 2.03 bits per heavy atom. The molecule has 0 N–H and O–H groups in total. The summed E-state index contributed by atoms with van der Waals surface area (Å²) in [6.45, 7) is 4.56. The maximum absolute atomic E-state index is 13.1. The fraction of sp³-hybridized carbons (Fsp3) is 0.524. The number of nitrogens with zero attached hydrogens (tertiary/aromatic N) is 2. The second-order valence-electron chi connectivity index (χ2n) is 7.92. The van der Waals surface area contributed by atoms with Crippen LogP contribution in [0.1, 0.15) is 36.3 Å². The molecule has 0 saturated carbocycles. The monoisotopic (exact) mass is 484 g/mol. The molecule has 32 heavy (non-hydrogen) atoms. The predicted octanol–water partition coefficient (Wildman–Crippen LogP) is 3.25. The summed E-state index contributed by atoms with van der Waals surface area (Å²) in [4.78, 5) is 12.8. The van der Waals surface area contributed by atoms with Gasteiger partial charge in [0.2, 0.25) is 10.0 Å². The molecule has 0 radical (unpaired) electrons. The molecular formula is C21H25ClN2O7S. The Kier molecular flexibility index (Phi) is 6.64. The Morgan fingerprint density at radius 3 is 2.78 bits per heavy atom. The van der Waals surface area contributed by atoms with Gasteiger partial charge < -0.3 is 18.7 Å². The van der Waals surface area contributed by atoms with Crippen LogP contribution in [0.25, 0.3) is 0 Å². The maximum Gasteiger partial charge on any atom is 0.310 e. The van der Waals surface area contributed by atoms with Crippen molar-refractivity contribution in [3.63, 3.8) is 0 Å². The van der Waals surface area contributed by atoms with Crippen LogP contribution in [0.5, 0.6) is 11.5 Å². The fourth-order valence-electron chi connectivity index (χ4n) is 3.96. The lowest BCUT2D eigenvalue weighted by Crippen LogP contribution is -2.43. The molecule has 1 fully saturated rings. The van der Waals surface area contributed by atoms with Gasteiger partial charge in [0.1, 0.15) is 17.2 Å². The first-order valence-electron chi connectivity index (χ1n) is 10.4. The Morgan fingerprint density at radius 1 is 1.25 bits per heavy atom. The Bertz CT molecular complexity index is 1100. The molecule has 1 unspecified atom stereocenters. The highest BCUT2D eigenvalue weighted by molar-refractivity contribution is 7.89. The van der Waals surface area contributed by atoms with Crippen LogP contribution in [0.3, 0.4) is 0 Å². The van der Waals surface area contributed by atoms with E-state index in [0.29, 0.717) is 60.4 Å². The Balaban J connectivity index is 1.42. The molecule has 0 spiro atoms. The van der Waals surface area contributed by atoms with E-state index in [4.69, 9.17) is 30.3 Å². The van der Waals surface area contributed by atoms with Crippen LogP contribution >= 0.6 is 11.6 Å². The van der Waals surface area contributed by atoms with Crippen LogP contribution in [0.2, 0.25) is 5.02 Å². The third-order valence-electron chi connectivity index (χ3n) is 5.53. The van der Waals surface area contributed by atoms with Gasteiger partial charge >= 0.3 is 5.97 Å². The molecule has 3 heterocycles. The quantitative estimate of drug-likeness (QED) is 0.595. The molecular weight excluding hydrogens is 460 g/mol. The number of esters is 1. The van der Waals surface area contributed by atoms with E-state index >= 15 is 0 Å². The molecule has 1 saturated heterocycles. The third-order valence-corrected chi connectivity index (χ3v) is 7.92. The summed E-state index contributed by atoms with van der Waals surface area (Å²) in [6.07, 6.45) is 1.86. The van der Waals surface area contributed by atoms with Gasteiger partial charge in [-0.3, -0.25) is 4.79 Å². The second-order valence-corrected chi connectivity index (χ2v) is 10.2. The van der Waals surface area contributed by atoms with E-state index in [0.717, 1.165) is 6.42 Å². The molecule has 1 aromatic carbocycles. The zero-order chi connectivity index (χ0) is 22.9. The van der Waals surface area contributed by atoms with Crippen molar-refractivity contribution in [3.8, 4) is 11.5 Å². The highest BCUT2D eigenvalue weighted by Crippen LogP contribution is 2.38. The van der Waals surface area contributed by atoms with Gasteiger partial charge in [0.05, 0.1) is 24.2 Å². The molecule has 174 valence electrons. The van der Waals surface area contributed by atoms with Crippen molar-refractivity contribution >= 4 is 27.6 Å². The lowest BCUT2D eigenvalue weighted by atomic mass is 10.00. The van der Waals surface area contributed by atoms with Crippen molar-refractivity contribution in [3.05, 3.63) is 34.2 Å². The predicted molar refractivity (Wildman–Crippen MR) is 114 cm³/mol. The van der Waals surface area contributed by atoms with Gasteiger partial charge in [0, 0.05) is 19.5 Å². The zero-order valence-electron chi connectivity index (χ0n) is 17.9. The van der Waals surface area contributed by atoms with Crippen LogP contribution in [-0.4, -0.2) is 50.2 Å². The largest absolute Gasteiger partial charge is 0.489 e. The number of fused-ring (bicyclic) bond motifs is 1. The van der Waals surface area contributed by atoms with Crippen LogP contribution < -0.4 is 9.47 Å². The number of benzene rings is 1. The van der Waals surface area contributed by atoms with Crippen LogP contribution in [0.4, 0.5) is 0 Å². The number of aromatic nitrogens is 1. The number of carbonyl (C=O) groups excluding carboxylic acids is 1. The first-order chi connectivity index (χ1) is 15.3. The van der Waals surface area contributed by atoms with Crippen LogP contribution in [0, 0.1) is 19.8 Å². The zero-order valence-corrected chi connectivity index (χ0v) is 19.5. The van der Waals surface area contributed by atoms with Gasteiger partial charge in [-0.15, -0.1) is 0 Å². The topological polar surface area (TPSA) is 108 Å². The lowest BCUT2D eigenvalue weighted by Gasteiger charge is -2.30. The molecule has 2 aliphatic heterocycles. The average Bonchev–Trinajstić information content (AvgIpc) is 2.96. The number of ether oxygens (including phenoxy) is 3. The molecule has 0 aliphatic carbocycles. The summed E-state index contributed by atoms with van der Waals surface area (Å²) in [7, 11) is -3.81. The Hall–Kier alpha value is -2.30. The van der Waals surface area contributed by atoms with E-state index in [1.165, 1.54) is 4.31 Å². The third kappa shape index (κ3) is 4.57. The van der Waals surface area contributed by atoms with Gasteiger partial charge in [-0.1, -0.05) is 16.8 Å². The smallest absolute Gasteiger partial charge is 0.310 e. The lowest BCUT2D eigenvalue weighted by molar-refractivity contribution is -0.151. The average molecular weight is 485 g/mol. The number of sulfonamides is 1. The normalized spacial score (nSPS) is 19.4. The van der Waals surface area contributed by atoms with Crippen molar-refractivity contribution in [2.24, 2.45) is 5.92 Å². The first-order valence-corrected chi connectivity index (χ1v) is 12.3. The minimum Gasteiger partial charge on any atom is -0.489 e. The van der Waals surface area contributed by atoms with Gasteiger partial charge in [0.25, 0.3) is 0 Å². The summed E-state index contributed by atoms with van der Waals surface area (Å²) < 4.78 is 49.2. The van der Waals surface area contributed by atoms with E-state index < -0.39 is 21.9 Å². The highest BCUT2D eigenvalue weighted by Gasteiger charge is 2.37. The van der Waals surface area contributed by atoms with E-state index in [-0.39, 0.29) is 23.8 Å². The fourth-order valence-corrected chi connectivity index (χ4v) is 6.07. The summed E-state index contributed by atoms with van der Waals surface area (Å²) in [5.41, 5.74) is 0.974. The number of aryl methyl sites for hydroxylation is 2. The molecule has 2 aromatic rings. The van der Waals surface area contributed by atoms with Gasteiger partial charge in [-0.25, -0.2) is 8.42 Å². The molecule has 1 aromatic heterocycles. The van der Waals surface area contributed by atoms with E-state index in [9.17, 15) is 13.2 Å². The highest BCUT2D eigenvalue weighted by atomic mass is 35.5. The first kappa shape index (κ1) is 22.9. The molecule has 0 amide bonds. The number of halogens is 1. The standard InChI is InChI=1S/C21H25ClN2O7S/c1-13-20(14(2)31-23-13)32(26,27)24-6-3-5-16(11-24)21(25)30-12-15-9-17(22)19-18(10-15)28-7-4-8-29-19/h9-10,16H,3-8,11-12H2,1-2H3. The van der Waals surface area contributed by atoms with Crippen LogP contribution in [-0.2, 0) is 26.2 Å². The minimum absolute atomic E-state index is 0.00229. The summed E-state index contributed by atoms with van der Waals surface area (Å²) in [5.74, 6) is 0.238. The van der Waals surface area contributed by atoms with Gasteiger partial charge in [-0.2, -0.15) is 4.31 Å². The van der Waals surface area contributed by atoms with Crippen LogP contribution in [0.15, 0.2) is 21.6 Å². The van der Waals surface area contributed by atoms with E-state index in [1.807, 2.05) is 0 Å². The maximum atomic E-state index is 13.1. The van der Waals surface area contributed by atoms with Crippen molar-refractivity contribution in [1.29, 1.82) is 0 Å². The van der Waals surface area contributed by atoms with Crippen molar-refractivity contribution in [1.82, 2.24) is 9.46 Å². The number of carbonyl (C=O) groups is 1. The van der Waals surface area contributed by atoms with Crippen molar-refractivity contribution in [2.75, 3.05) is 26.3 Å². The number of hydrogen-bond donors (Lipinski definition) is 0. The van der Waals surface area contributed by atoms with Crippen molar-refractivity contribution < 1.29 is 31.9 Å². The SMILES string of the molecule is Cc1noc(C)c1S(=O)(=O)N1CCCC(C(=O)OCc2cc(Cl)c3c(c2)OCCCO3)C1. The molecule has 0 bridgehead atoms. The molecule has 1 atom stereocenters. The number of hydrogen-bond acceptors (Lipinski definition) is 8. The molecule has 9 nitrogen and oxygen atoms in total. The van der Waals surface area contributed by atoms with Crippen molar-refractivity contribution in [2.45, 2.75) is 44.6 Å². The minimum atomic E-state index is -3.81. The van der Waals surface area contributed by atoms with Gasteiger partial charge in [0.15, 0.2) is 17.3 Å². The summed E-state index contributed by atoms with van der Waals surface area (Å²) in [5, 5.41) is 4.13. The molecule has 2 aliphatic rings. The summed E-state index contributed by atoms with van der Waals surface area (Å²) in [6, 6.07) is 3.42. The number of piperidine rings is 1.